The normalized spacial score (nSPS) is 37.3. The summed E-state index contributed by atoms with van der Waals surface area (Å²) in [5, 5.41) is 10.6. The lowest BCUT2D eigenvalue weighted by Gasteiger charge is -2.57. The standard InChI is InChI=1S/C20H22N2O3/c1-2-8-22-9-7-20-13-5-6-15(23)18(20)25-17-12(19(21)24)4-3-11(16(17)20)10-14(13)22/h2-6,13-15,18,23H,1,7-10H2,(H2,21,24)/t13-,14+,15-,18?,20-/m0/s1. The Hall–Kier alpha value is -2.11. The Morgan fingerprint density at radius 1 is 1.48 bits per heavy atom. The maximum absolute atomic E-state index is 11.9. The van der Waals surface area contributed by atoms with Crippen molar-refractivity contribution in [3.63, 3.8) is 0 Å². The van der Waals surface area contributed by atoms with E-state index in [2.05, 4.69) is 17.6 Å². The zero-order valence-corrected chi connectivity index (χ0v) is 14.0. The predicted molar refractivity (Wildman–Crippen MR) is 93.6 cm³/mol. The SMILES string of the molecule is C=CCN1CC[C@]23c4c5ccc(C(N)=O)c4OC2[C@@H](O)C=C[C@H]3[C@H]1C5. The first-order valence-electron chi connectivity index (χ1n) is 8.92. The summed E-state index contributed by atoms with van der Waals surface area (Å²) in [4.78, 5) is 14.4. The zero-order chi connectivity index (χ0) is 17.3. The number of hydrogen-bond donors (Lipinski definition) is 2. The molecule has 1 saturated heterocycles. The number of ether oxygens (including phenoxy) is 1. The van der Waals surface area contributed by atoms with E-state index < -0.39 is 12.0 Å². The summed E-state index contributed by atoms with van der Waals surface area (Å²) in [6, 6.07) is 4.16. The van der Waals surface area contributed by atoms with Crippen molar-refractivity contribution in [3.8, 4) is 5.75 Å². The number of piperidine rings is 1. The van der Waals surface area contributed by atoms with E-state index in [0.29, 0.717) is 17.4 Å². The van der Waals surface area contributed by atoms with Gasteiger partial charge < -0.3 is 15.6 Å². The van der Waals surface area contributed by atoms with Crippen LogP contribution in [0.1, 0.15) is 27.9 Å². The molecule has 5 rings (SSSR count). The first-order chi connectivity index (χ1) is 12.1. The molecule has 5 heteroatoms. The molecule has 1 unspecified atom stereocenters. The van der Waals surface area contributed by atoms with Crippen LogP contribution in [-0.4, -0.2) is 47.3 Å². The largest absolute Gasteiger partial charge is 0.485 e. The number of primary amides is 1. The van der Waals surface area contributed by atoms with Crippen molar-refractivity contribution in [1.82, 2.24) is 4.90 Å². The van der Waals surface area contributed by atoms with Crippen LogP contribution in [0.5, 0.6) is 5.75 Å². The Labute approximate surface area is 146 Å². The van der Waals surface area contributed by atoms with Crippen molar-refractivity contribution in [3.05, 3.63) is 53.6 Å². The van der Waals surface area contributed by atoms with Gasteiger partial charge in [0.05, 0.1) is 5.56 Å². The summed E-state index contributed by atoms with van der Waals surface area (Å²) in [6.45, 7) is 5.70. The second-order valence-corrected chi connectivity index (χ2v) is 7.63. The summed E-state index contributed by atoms with van der Waals surface area (Å²) < 4.78 is 6.24. The average Bonchev–Trinajstić information content (AvgIpc) is 2.93. The second kappa shape index (κ2) is 4.96. The lowest BCUT2D eigenvalue weighted by atomic mass is 9.53. The molecule has 1 amide bonds. The minimum atomic E-state index is -0.665. The van der Waals surface area contributed by atoms with E-state index in [9.17, 15) is 9.90 Å². The van der Waals surface area contributed by atoms with Crippen LogP contribution in [0.25, 0.3) is 0 Å². The maximum Gasteiger partial charge on any atom is 0.252 e. The molecule has 1 fully saturated rings. The van der Waals surface area contributed by atoms with E-state index in [1.54, 1.807) is 6.07 Å². The number of nitrogens with zero attached hydrogens (tertiary/aromatic N) is 1. The molecule has 3 N–H and O–H groups in total. The van der Waals surface area contributed by atoms with E-state index in [0.717, 1.165) is 31.5 Å². The van der Waals surface area contributed by atoms with Crippen molar-refractivity contribution in [2.45, 2.75) is 36.5 Å². The molecule has 5 nitrogen and oxygen atoms in total. The van der Waals surface area contributed by atoms with Crippen LogP contribution in [-0.2, 0) is 11.8 Å². The molecule has 0 radical (unpaired) electrons. The number of amides is 1. The van der Waals surface area contributed by atoms with Crippen LogP contribution in [0.15, 0.2) is 36.9 Å². The van der Waals surface area contributed by atoms with E-state index in [4.69, 9.17) is 10.5 Å². The molecular formula is C20H22N2O3. The Balaban J connectivity index is 1.76. The topological polar surface area (TPSA) is 75.8 Å². The molecule has 1 aromatic carbocycles. The number of hydrogen-bond acceptors (Lipinski definition) is 4. The van der Waals surface area contributed by atoms with E-state index in [1.807, 2.05) is 18.2 Å². The number of nitrogens with two attached hydrogens (primary N) is 1. The third-order valence-corrected chi connectivity index (χ3v) is 6.64. The van der Waals surface area contributed by atoms with Gasteiger partial charge in [-0.25, -0.2) is 0 Å². The second-order valence-electron chi connectivity index (χ2n) is 7.63. The van der Waals surface area contributed by atoms with Crippen molar-refractivity contribution in [2.75, 3.05) is 13.1 Å². The van der Waals surface area contributed by atoms with Gasteiger partial charge in [0.25, 0.3) is 5.91 Å². The molecule has 2 heterocycles. The molecule has 2 bridgehead atoms. The third kappa shape index (κ3) is 1.72. The molecule has 4 aliphatic rings. The highest BCUT2D eigenvalue weighted by Crippen LogP contribution is 2.61. The highest BCUT2D eigenvalue weighted by Gasteiger charge is 2.64. The van der Waals surface area contributed by atoms with Gasteiger partial charge in [0.15, 0.2) is 0 Å². The van der Waals surface area contributed by atoms with Gasteiger partial charge in [-0.1, -0.05) is 24.3 Å². The van der Waals surface area contributed by atoms with Crippen molar-refractivity contribution in [1.29, 1.82) is 0 Å². The van der Waals surface area contributed by atoms with Gasteiger partial charge >= 0.3 is 0 Å². The highest BCUT2D eigenvalue weighted by molar-refractivity contribution is 5.97. The molecular weight excluding hydrogens is 316 g/mol. The van der Waals surface area contributed by atoms with Gasteiger partial charge in [-0.2, -0.15) is 0 Å². The number of aliphatic hydroxyl groups excluding tert-OH is 1. The number of carbonyl (C=O) groups is 1. The monoisotopic (exact) mass is 338 g/mol. The molecule has 0 aromatic heterocycles. The minimum absolute atomic E-state index is 0.259. The number of carbonyl (C=O) groups excluding carboxylic acids is 1. The molecule has 2 aliphatic carbocycles. The maximum atomic E-state index is 11.9. The number of aliphatic hydroxyl groups is 1. The van der Waals surface area contributed by atoms with Gasteiger partial charge in [0.2, 0.25) is 0 Å². The van der Waals surface area contributed by atoms with Gasteiger partial charge in [0, 0.05) is 29.5 Å². The summed E-state index contributed by atoms with van der Waals surface area (Å²) >= 11 is 0. The van der Waals surface area contributed by atoms with E-state index in [1.165, 1.54) is 5.56 Å². The molecule has 1 spiro atoms. The van der Waals surface area contributed by atoms with Crippen molar-refractivity contribution < 1.29 is 14.6 Å². The third-order valence-electron chi connectivity index (χ3n) is 6.64. The molecule has 130 valence electrons. The fraction of sp³-hybridized carbons (Fsp3) is 0.450. The van der Waals surface area contributed by atoms with Crippen LogP contribution in [0.2, 0.25) is 0 Å². The molecule has 5 atom stereocenters. The van der Waals surface area contributed by atoms with Gasteiger partial charge in [-0.05, 0) is 31.0 Å². The van der Waals surface area contributed by atoms with Crippen molar-refractivity contribution >= 4 is 5.91 Å². The Kier molecular flexibility index (Phi) is 3.01. The zero-order valence-electron chi connectivity index (χ0n) is 14.0. The fourth-order valence-corrected chi connectivity index (χ4v) is 5.73. The summed E-state index contributed by atoms with van der Waals surface area (Å²) in [7, 11) is 0. The summed E-state index contributed by atoms with van der Waals surface area (Å²) in [5.74, 6) is 0.405. The number of rotatable bonds is 3. The molecule has 1 aromatic rings. The lowest BCUT2D eigenvalue weighted by Crippen LogP contribution is -2.65. The Morgan fingerprint density at radius 3 is 3.08 bits per heavy atom. The molecule has 0 saturated carbocycles. The van der Waals surface area contributed by atoms with Gasteiger partial charge in [-0.3, -0.25) is 9.69 Å². The van der Waals surface area contributed by atoms with Gasteiger partial charge in [0.1, 0.15) is 18.0 Å². The number of likely N-dealkylation sites (tertiary alicyclic amines) is 1. The van der Waals surface area contributed by atoms with E-state index in [-0.39, 0.29) is 17.4 Å². The highest BCUT2D eigenvalue weighted by atomic mass is 16.5. The molecule has 2 aliphatic heterocycles. The Bertz CT molecular complexity index is 817. The first kappa shape index (κ1) is 15.2. The van der Waals surface area contributed by atoms with Crippen LogP contribution in [0, 0.1) is 5.92 Å². The average molecular weight is 338 g/mol. The minimum Gasteiger partial charge on any atom is -0.485 e. The van der Waals surface area contributed by atoms with Crippen LogP contribution in [0.4, 0.5) is 0 Å². The van der Waals surface area contributed by atoms with Gasteiger partial charge in [-0.15, -0.1) is 6.58 Å². The Morgan fingerprint density at radius 2 is 2.32 bits per heavy atom. The quantitative estimate of drug-likeness (QED) is 0.811. The van der Waals surface area contributed by atoms with Crippen LogP contribution in [0.3, 0.4) is 0 Å². The molecule has 25 heavy (non-hydrogen) atoms. The van der Waals surface area contributed by atoms with E-state index >= 15 is 0 Å². The van der Waals surface area contributed by atoms with Crippen LogP contribution >= 0.6 is 0 Å². The number of benzene rings is 1. The van der Waals surface area contributed by atoms with Crippen LogP contribution < -0.4 is 10.5 Å². The predicted octanol–water partition coefficient (Wildman–Crippen LogP) is 1.15. The lowest BCUT2D eigenvalue weighted by molar-refractivity contribution is -0.0486. The summed E-state index contributed by atoms with van der Waals surface area (Å²) in [6.07, 6.45) is 6.79. The van der Waals surface area contributed by atoms with Crippen molar-refractivity contribution in [2.24, 2.45) is 11.7 Å². The first-order valence-corrected chi connectivity index (χ1v) is 8.92. The summed E-state index contributed by atoms with van der Waals surface area (Å²) in [5.41, 5.74) is 8.10. The smallest absolute Gasteiger partial charge is 0.252 e. The fourth-order valence-electron chi connectivity index (χ4n) is 5.73.